The molecule has 0 aliphatic rings. The summed E-state index contributed by atoms with van der Waals surface area (Å²) >= 11 is 0. The van der Waals surface area contributed by atoms with Crippen LogP contribution in [-0.4, -0.2) is 36.8 Å². The second-order valence-electron chi connectivity index (χ2n) is 5.39. The van der Waals surface area contributed by atoms with Crippen LogP contribution in [0.25, 0.3) is 11.5 Å². The Hall–Kier alpha value is -3.03. The van der Waals surface area contributed by atoms with Crippen LogP contribution in [-0.2, 0) is 13.6 Å². The van der Waals surface area contributed by atoms with Crippen molar-refractivity contribution < 1.29 is 4.74 Å². The second-order valence-corrected chi connectivity index (χ2v) is 5.39. The van der Waals surface area contributed by atoms with Gasteiger partial charge in [0.15, 0.2) is 5.82 Å². The molecule has 0 saturated heterocycles. The number of methoxy groups -OCH3 is 1. The third-order valence-corrected chi connectivity index (χ3v) is 3.65. The van der Waals surface area contributed by atoms with Gasteiger partial charge in [0.05, 0.1) is 7.11 Å². The van der Waals surface area contributed by atoms with Gasteiger partial charge in [-0.1, -0.05) is 0 Å². The number of hydrogen-bond donors (Lipinski definition) is 1. The van der Waals surface area contributed by atoms with E-state index in [1.54, 1.807) is 24.1 Å². The SMILES string of the molecule is COc1nc(C)cc(C)c1CNc1nccc(-c2ncnn2C)n1. The molecule has 0 aliphatic heterocycles. The third kappa shape index (κ3) is 3.17. The van der Waals surface area contributed by atoms with Crippen LogP contribution in [0, 0.1) is 13.8 Å². The molecule has 0 radical (unpaired) electrons. The molecular formula is C16H19N7O. The molecule has 0 fully saturated rings. The Kier molecular flexibility index (Phi) is 4.37. The summed E-state index contributed by atoms with van der Waals surface area (Å²) in [5.74, 6) is 1.81. The van der Waals surface area contributed by atoms with Crippen LogP contribution in [0.3, 0.4) is 0 Å². The van der Waals surface area contributed by atoms with Crippen molar-refractivity contribution in [3.05, 3.63) is 41.5 Å². The number of aromatic nitrogens is 6. The topological polar surface area (TPSA) is 90.6 Å². The van der Waals surface area contributed by atoms with Crippen molar-refractivity contribution in [2.45, 2.75) is 20.4 Å². The van der Waals surface area contributed by atoms with Gasteiger partial charge < -0.3 is 10.1 Å². The smallest absolute Gasteiger partial charge is 0.223 e. The molecule has 8 heteroatoms. The van der Waals surface area contributed by atoms with E-state index in [4.69, 9.17) is 4.74 Å². The van der Waals surface area contributed by atoms with Crippen molar-refractivity contribution in [3.8, 4) is 17.4 Å². The van der Waals surface area contributed by atoms with Gasteiger partial charge in [-0.3, -0.25) is 0 Å². The quantitative estimate of drug-likeness (QED) is 0.766. The predicted molar refractivity (Wildman–Crippen MR) is 89.6 cm³/mol. The molecule has 0 unspecified atom stereocenters. The lowest BCUT2D eigenvalue weighted by Gasteiger charge is -2.13. The maximum Gasteiger partial charge on any atom is 0.223 e. The number of hydrogen-bond acceptors (Lipinski definition) is 7. The van der Waals surface area contributed by atoms with Crippen molar-refractivity contribution in [2.75, 3.05) is 12.4 Å². The van der Waals surface area contributed by atoms with Gasteiger partial charge in [0, 0.05) is 31.0 Å². The molecule has 124 valence electrons. The Morgan fingerprint density at radius 3 is 2.75 bits per heavy atom. The molecule has 0 atom stereocenters. The lowest BCUT2D eigenvalue weighted by atomic mass is 10.1. The second kappa shape index (κ2) is 6.61. The summed E-state index contributed by atoms with van der Waals surface area (Å²) in [4.78, 5) is 17.4. The molecule has 3 heterocycles. The fraction of sp³-hybridized carbons (Fsp3) is 0.312. The standard InChI is InChI=1S/C16H19N7O/c1-10-7-11(2)21-15(24-4)12(10)8-18-16-17-6-5-13(22-16)14-19-9-20-23(14)3/h5-7,9H,8H2,1-4H3,(H,17,18,22). The minimum absolute atomic E-state index is 0.512. The third-order valence-electron chi connectivity index (χ3n) is 3.65. The highest BCUT2D eigenvalue weighted by atomic mass is 16.5. The van der Waals surface area contributed by atoms with Crippen LogP contribution in [0.2, 0.25) is 0 Å². The Morgan fingerprint density at radius 1 is 1.21 bits per heavy atom. The molecule has 24 heavy (non-hydrogen) atoms. The van der Waals surface area contributed by atoms with Gasteiger partial charge in [0.1, 0.15) is 12.0 Å². The number of nitrogens with one attached hydrogen (secondary N) is 1. The fourth-order valence-electron chi connectivity index (χ4n) is 2.48. The van der Waals surface area contributed by atoms with Gasteiger partial charge >= 0.3 is 0 Å². The first-order valence-electron chi connectivity index (χ1n) is 7.51. The molecule has 0 saturated carbocycles. The van der Waals surface area contributed by atoms with E-state index in [-0.39, 0.29) is 0 Å². The predicted octanol–water partition coefficient (Wildman–Crippen LogP) is 1.90. The Balaban J connectivity index is 1.82. The van der Waals surface area contributed by atoms with E-state index in [1.165, 1.54) is 6.33 Å². The van der Waals surface area contributed by atoms with Crippen molar-refractivity contribution in [2.24, 2.45) is 7.05 Å². The summed E-state index contributed by atoms with van der Waals surface area (Å²) in [5, 5.41) is 7.28. The van der Waals surface area contributed by atoms with Crippen molar-refractivity contribution in [1.29, 1.82) is 0 Å². The maximum atomic E-state index is 5.38. The van der Waals surface area contributed by atoms with Crippen molar-refractivity contribution >= 4 is 5.95 Å². The van der Waals surface area contributed by atoms with Gasteiger partial charge in [-0.2, -0.15) is 5.10 Å². The number of rotatable bonds is 5. The molecule has 3 rings (SSSR count). The van der Waals surface area contributed by atoms with E-state index < -0.39 is 0 Å². The molecule has 8 nitrogen and oxygen atoms in total. The van der Waals surface area contributed by atoms with Crippen LogP contribution in [0.4, 0.5) is 5.95 Å². The average molecular weight is 325 g/mol. The number of nitrogens with zero attached hydrogens (tertiary/aromatic N) is 6. The van der Waals surface area contributed by atoms with Gasteiger partial charge in [0.2, 0.25) is 11.8 Å². The summed E-state index contributed by atoms with van der Waals surface area (Å²) in [7, 11) is 3.44. The minimum atomic E-state index is 0.512. The van der Waals surface area contributed by atoms with Crippen LogP contribution < -0.4 is 10.1 Å². The molecule has 1 N–H and O–H groups in total. The molecule has 0 aromatic carbocycles. The maximum absolute atomic E-state index is 5.38. The van der Waals surface area contributed by atoms with Crippen LogP contribution in [0.15, 0.2) is 24.7 Å². The number of anilines is 1. The zero-order chi connectivity index (χ0) is 17.1. The molecule has 0 aliphatic carbocycles. The normalized spacial score (nSPS) is 10.7. The highest BCUT2D eigenvalue weighted by Crippen LogP contribution is 2.22. The fourth-order valence-corrected chi connectivity index (χ4v) is 2.48. The summed E-state index contributed by atoms with van der Waals surface area (Å²) in [6.45, 7) is 4.50. The van der Waals surface area contributed by atoms with Crippen LogP contribution in [0.5, 0.6) is 5.88 Å². The van der Waals surface area contributed by atoms with E-state index in [0.717, 1.165) is 16.8 Å². The Labute approximate surface area is 140 Å². The summed E-state index contributed by atoms with van der Waals surface area (Å²) in [5.41, 5.74) is 3.72. The van der Waals surface area contributed by atoms with Gasteiger partial charge in [-0.05, 0) is 31.5 Å². The minimum Gasteiger partial charge on any atom is -0.481 e. The number of aryl methyl sites for hydroxylation is 3. The highest BCUT2D eigenvalue weighted by molar-refractivity contribution is 5.51. The highest BCUT2D eigenvalue weighted by Gasteiger charge is 2.11. The van der Waals surface area contributed by atoms with Gasteiger partial charge in [-0.15, -0.1) is 0 Å². The monoisotopic (exact) mass is 325 g/mol. The lowest BCUT2D eigenvalue weighted by molar-refractivity contribution is 0.391. The lowest BCUT2D eigenvalue weighted by Crippen LogP contribution is -2.09. The van der Waals surface area contributed by atoms with Crippen molar-refractivity contribution in [1.82, 2.24) is 29.7 Å². The van der Waals surface area contributed by atoms with Crippen LogP contribution in [0.1, 0.15) is 16.8 Å². The largest absolute Gasteiger partial charge is 0.481 e. The molecule has 0 spiro atoms. The summed E-state index contributed by atoms with van der Waals surface area (Å²) < 4.78 is 7.05. The van der Waals surface area contributed by atoms with E-state index in [1.807, 2.05) is 27.0 Å². The van der Waals surface area contributed by atoms with E-state index in [0.29, 0.717) is 29.9 Å². The van der Waals surface area contributed by atoms with E-state index >= 15 is 0 Å². The van der Waals surface area contributed by atoms with E-state index in [9.17, 15) is 0 Å². The zero-order valence-electron chi connectivity index (χ0n) is 14.1. The van der Waals surface area contributed by atoms with Gasteiger partial charge in [0.25, 0.3) is 0 Å². The molecular weight excluding hydrogens is 306 g/mol. The first-order chi connectivity index (χ1) is 11.6. The summed E-state index contributed by atoms with van der Waals surface area (Å²) in [6.07, 6.45) is 3.19. The number of ether oxygens (including phenoxy) is 1. The molecule has 0 bridgehead atoms. The first-order valence-corrected chi connectivity index (χ1v) is 7.51. The van der Waals surface area contributed by atoms with E-state index in [2.05, 4.69) is 30.4 Å². The average Bonchev–Trinajstić information content (AvgIpc) is 2.99. The number of pyridine rings is 1. The zero-order valence-corrected chi connectivity index (χ0v) is 14.1. The first kappa shape index (κ1) is 15.9. The summed E-state index contributed by atoms with van der Waals surface area (Å²) in [6, 6.07) is 3.82. The Morgan fingerprint density at radius 2 is 2.04 bits per heavy atom. The molecule has 3 aromatic heterocycles. The Bertz CT molecular complexity index is 859. The van der Waals surface area contributed by atoms with Crippen LogP contribution >= 0.6 is 0 Å². The van der Waals surface area contributed by atoms with Gasteiger partial charge in [-0.25, -0.2) is 24.6 Å². The van der Waals surface area contributed by atoms with Crippen molar-refractivity contribution in [3.63, 3.8) is 0 Å². The molecule has 0 amide bonds. The molecule has 3 aromatic rings.